The summed E-state index contributed by atoms with van der Waals surface area (Å²) in [6.45, 7) is 5.48. The molecule has 112 valence electrons. The summed E-state index contributed by atoms with van der Waals surface area (Å²) in [5, 5.41) is 23.3. The summed E-state index contributed by atoms with van der Waals surface area (Å²) in [4.78, 5) is 0. The molecule has 3 N–H and O–H groups in total. The Labute approximate surface area is 122 Å². The topological polar surface area (TPSA) is 52.5 Å². The molecule has 0 aliphatic heterocycles. The standard InChI is InChI=1S/C17H27NO2/c1-13(2)10-14-4-6-15(7-5-14)16(19)11-18-12-17(20)8-3-9-17/h4-7,13,16,18-20H,3,8-12H2,1-2H3. The van der Waals surface area contributed by atoms with E-state index in [-0.39, 0.29) is 0 Å². The van der Waals surface area contributed by atoms with E-state index in [2.05, 4.69) is 31.3 Å². The zero-order chi connectivity index (χ0) is 14.6. The number of hydrogen-bond donors (Lipinski definition) is 3. The second kappa shape index (κ2) is 6.70. The first-order valence-corrected chi connectivity index (χ1v) is 7.68. The van der Waals surface area contributed by atoms with Gasteiger partial charge in [-0.25, -0.2) is 0 Å². The lowest BCUT2D eigenvalue weighted by molar-refractivity contribution is -0.0328. The molecule has 1 unspecified atom stereocenters. The molecule has 3 heteroatoms. The Hall–Kier alpha value is -0.900. The fraction of sp³-hybridized carbons (Fsp3) is 0.647. The van der Waals surface area contributed by atoms with Crippen molar-refractivity contribution < 1.29 is 10.2 Å². The predicted octanol–water partition coefficient (Wildman–Crippen LogP) is 2.42. The van der Waals surface area contributed by atoms with Crippen LogP contribution in [0.5, 0.6) is 0 Å². The maximum absolute atomic E-state index is 10.1. The molecule has 1 aliphatic carbocycles. The van der Waals surface area contributed by atoms with E-state index in [1.54, 1.807) is 0 Å². The molecule has 1 aromatic carbocycles. The van der Waals surface area contributed by atoms with Crippen molar-refractivity contribution in [3.63, 3.8) is 0 Å². The smallest absolute Gasteiger partial charge is 0.0914 e. The van der Waals surface area contributed by atoms with Gasteiger partial charge >= 0.3 is 0 Å². The second-order valence-electron chi connectivity index (χ2n) is 6.56. The Balaban J connectivity index is 1.78. The van der Waals surface area contributed by atoms with Crippen LogP contribution in [0.1, 0.15) is 50.3 Å². The lowest BCUT2D eigenvalue weighted by Gasteiger charge is -2.37. The first-order chi connectivity index (χ1) is 9.48. The normalized spacial score (nSPS) is 18.9. The van der Waals surface area contributed by atoms with Gasteiger partial charge in [0.2, 0.25) is 0 Å². The van der Waals surface area contributed by atoms with Crippen LogP contribution in [0.2, 0.25) is 0 Å². The summed E-state index contributed by atoms with van der Waals surface area (Å²) in [5.41, 5.74) is 1.72. The molecule has 0 bridgehead atoms. The summed E-state index contributed by atoms with van der Waals surface area (Å²) in [7, 11) is 0. The Bertz CT molecular complexity index is 410. The minimum Gasteiger partial charge on any atom is -0.389 e. The average Bonchev–Trinajstić information content (AvgIpc) is 2.36. The van der Waals surface area contributed by atoms with Gasteiger partial charge in [-0.05, 0) is 42.7 Å². The molecular formula is C17H27NO2. The minimum atomic E-state index is -0.527. The Kier molecular flexibility index (Phi) is 5.19. The molecule has 1 atom stereocenters. The van der Waals surface area contributed by atoms with E-state index in [4.69, 9.17) is 0 Å². The van der Waals surface area contributed by atoms with Gasteiger partial charge in [0.1, 0.15) is 0 Å². The van der Waals surface area contributed by atoms with Crippen molar-refractivity contribution in [3.05, 3.63) is 35.4 Å². The number of rotatable bonds is 7. The van der Waals surface area contributed by atoms with Gasteiger partial charge in [0.25, 0.3) is 0 Å². The van der Waals surface area contributed by atoms with Gasteiger partial charge in [-0.3, -0.25) is 0 Å². The minimum absolute atomic E-state index is 0.492. The van der Waals surface area contributed by atoms with Crippen molar-refractivity contribution in [2.24, 2.45) is 5.92 Å². The highest BCUT2D eigenvalue weighted by Gasteiger charge is 2.33. The molecule has 20 heavy (non-hydrogen) atoms. The molecule has 0 heterocycles. The third kappa shape index (κ3) is 4.30. The summed E-state index contributed by atoms with van der Waals surface area (Å²) >= 11 is 0. The summed E-state index contributed by atoms with van der Waals surface area (Å²) in [5.74, 6) is 0.649. The van der Waals surface area contributed by atoms with Crippen LogP contribution < -0.4 is 5.32 Å². The monoisotopic (exact) mass is 277 g/mol. The van der Waals surface area contributed by atoms with Crippen molar-refractivity contribution in [2.75, 3.05) is 13.1 Å². The highest BCUT2D eigenvalue weighted by Crippen LogP contribution is 2.30. The van der Waals surface area contributed by atoms with Gasteiger partial charge in [0.15, 0.2) is 0 Å². The highest BCUT2D eigenvalue weighted by atomic mass is 16.3. The van der Waals surface area contributed by atoms with E-state index in [0.29, 0.717) is 19.0 Å². The van der Waals surface area contributed by atoms with Crippen LogP contribution in [0.3, 0.4) is 0 Å². The number of aliphatic hydroxyl groups is 2. The van der Waals surface area contributed by atoms with Gasteiger partial charge in [-0.15, -0.1) is 0 Å². The van der Waals surface area contributed by atoms with Gasteiger partial charge in [0, 0.05) is 13.1 Å². The van der Waals surface area contributed by atoms with Crippen LogP contribution in [0.15, 0.2) is 24.3 Å². The SMILES string of the molecule is CC(C)Cc1ccc(C(O)CNCC2(O)CCC2)cc1. The number of hydrogen-bond acceptors (Lipinski definition) is 3. The number of benzene rings is 1. The molecule has 1 aliphatic rings. The molecule has 1 saturated carbocycles. The van der Waals surface area contributed by atoms with Gasteiger partial charge < -0.3 is 15.5 Å². The third-order valence-corrected chi connectivity index (χ3v) is 4.08. The fourth-order valence-corrected chi connectivity index (χ4v) is 2.67. The van der Waals surface area contributed by atoms with E-state index in [1.165, 1.54) is 5.56 Å². The third-order valence-electron chi connectivity index (χ3n) is 4.08. The van der Waals surface area contributed by atoms with Gasteiger partial charge in [-0.2, -0.15) is 0 Å². The van der Waals surface area contributed by atoms with Crippen LogP contribution in [0.25, 0.3) is 0 Å². The zero-order valence-corrected chi connectivity index (χ0v) is 12.6. The van der Waals surface area contributed by atoms with Crippen molar-refractivity contribution in [2.45, 2.75) is 51.2 Å². The highest BCUT2D eigenvalue weighted by molar-refractivity contribution is 5.24. The lowest BCUT2D eigenvalue weighted by atomic mass is 9.80. The van der Waals surface area contributed by atoms with Crippen molar-refractivity contribution in [1.29, 1.82) is 0 Å². The van der Waals surface area contributed by atoms with Crippen LogP contribution in [-0.4, -0.2) is 28.9 Å². The molecule has 2 rings (SSSR count). The molecule has 0 spiro atoms. The van der Waals surface area contributed by atoms with E-state index >= 15 is 0 Å². The van der Waals surface area contributed by atoms with Crippen molar-refractivity contribution in [3.8, 4) is 0 Å². The summed E-state index contributed by atoms with van der Waals surface area (Å²) in [6.07, 6.45) is 3.42. The molecule has 3 nitrogen and oxygen atoms in total. The quantitative estimate of drug-likeness (QED) is 0.717. The molecule has 1 fully saturated rings. The maximum atomic E-state index is 10.1. The van der Waals surface area contributed by atoms with Gasteiger partial charge in [0.05, 0.1) is 11.7 Å². The summed E-state index contributed by atoms with van der Waals surface area (Å²) in [6, 6.07) is 8.19. The van der Waals surface area contributed by atoms with Crippen LogP contribution in [0.4, 0.5) is 0 Å². The molecule has 0 radical (unpaired) electrons. The van der Waals surface area contributed by atoms with Gasteiger partial charge in [-0.1, -0.05) is 38.1 Å². The molecule has 1 aromatic rings. The lowest BCUT2D eigenvalue weighted by Crippen LogP contribution is -2.46. The Morgan fingerprint density at radius 1 is 1.20 bits per heavy atom. The van der Waals surface area contributed by atoms with Crippen molar-refractivity contribution in [1.82, 2.24) is 5.32 Å². The van der Waals surface area contributed by atoms with E-state index in [9.17, 15) is 10.2 Å². The summed E-state index contributed by atoms with van der Waals surface area (Å²) < 4.78 is 0. The second-order valence-corrected chi connectivity index (χ2v) is 6.56. The molecule has 0 amide bonds. The van der Waals surface area contributed by atoms with E-state index in [0.717, 1.165) is 31.2 Å². The maximum Gasteiger partial charge on any atom is 0.0914 e. The van der Waals surface area contributed by atoms with Crippen molar-refractivity contribution >= 4 is 0 Å². The first-order valence-electron chi connectivity index (χ1n) is 7.68. The number of aliphatic hydroxyl groups excluding tert-OH is 1. The number of nitrogens with one attached hydrogen (secondary N) is 1. The first kappa shape index (κ1) is 15.5. The van der Waals surface area contributed by atoms with Crippen LogP contribution >= 0.6 is 0 Å². The largest absolute Gasteiger partial charge is 0.389 e. The van der Waals surface area contributed by atoms with Crippen LogP contribution in [0, 0.1) is 5.92 Å². The Morgan fingerprint density at radius 2 is 1.85 bits per heavy atom. The average molecular weight is 277 g/mol. The van der Waals surface area contributed by atoms with E-state index < -0.39 is 11.7 Å². The molecule has 0 saturated heterocycles. The predicted molar refractivity (Wildman–Crippen MR) is 81.6 cm³/mol. The zero-order valence-electron chi connectivity index (χ0n) is 12.6. The Morgan fingerprint density at radius 3 is 2.35 bits per heavy atom. The van der Waals surface area contributed by atoms with Crippen LogP contribution in [-0.2, 0) is 6.42 Å². The molecular weight excluding hydrogens is 250 g/mol. The fourth-order valence-electron chi connectivity index (χ4n) is 2.67. The van der Waals surface area contributed by atoms with E-state index in [1.807, 2.05) is 12.1 Å². The molecule has 0 aromatic heterocycles.